The molecule has 2 aliphatic rings. The highest BCUT2D eigenvalue weighted by Gasteiger charge is 2.43. The first kappa shape index (κ1) is 21.0. The minimum absolute atomic E-state index is 0.0300. The first-order chi connectivity index (χ1) is 14.5. The fourth-order valence-electron chi connectivity index (χ4n) is 4.48. The van der Waals surface area contributed by atoms with E-state index in [0.29, 0.717) is 19.6 Å². The maximum Gasteiger partial charge on any atom is 0.279 e. The van der Waals surface area contributed by atoms with Crippen LogP contribution in [0.4, 0.5) is 0 Å². The average molecular weight is 429 g/mol. The molecule has 0 aliphatic carbocycles. The van der Waals surface area contributed by atoms with Gasteiger partial charge in [-0.2, -0.15) is 4.31 Å². The van der Waals surface area contributed by atoms with Crippen molar-refractivity contribution < 1.29 is 18.1 Å². The van der Waals surface area contributed by atoms with Crippen molar-refractivity contribution in [3.8, 4) is 0 Å². The molecule has 0 aromatic heterocycles. The number of carbonyl (C=O) groups excluding carboxylic acids is 1. The summed E-state index contributed by atoms with van der Waals surface area (Å²) in [6.07, 6.45) is 2.93. The number of amides is 1. The van der Waals surface area contributed by atoms with Gasteiger partial charge in [-0.25, -0.2) is 8.42 Å². The Labute approximate surface area is 179 Å². The Balaban J connectivity index is 1.64. The van der Waals surface area contributed by atoms with Crippen LogP contribution in [0.25, 0.3) is 0 Å². The molecule has 7 heteroatoms. The molecule has 160 valence electrons. The van der Waals surface area contributed by atoms with Crippen molar-refractivity contribution in [2.24, 2.45) is 0 Å². The smallest absolute Gasteiger partial charge is 0.279 e. The lowest BCUT2D eigenvalue weighted by atomic mass is 10.1. The molecule has 2 aromatic rings. The summed E-state index contributed by atoms with van der Waals surface area (Å²) in [7, 11) is -3.72. The Morgan fingerprint density at radius 2 is 1.63 bits per heavy atom. The van der Waals surface area contributed by atoms with E-state index in [1.54, 1.807) is 17.0 Å². The van der Waals surface area contributed by atoms with E-state index in [4.69, 9.17) is 0 Å². The zero-order valence-electron chi connectivity index (χ0n) is 17.5. The quantitative estimate of drug-likeness (QED) is 0.787. The summed E-state index contributed by atoms with van der Waals surface area (Å²) in [5, 5.41) is 0. The monoisotopic (exact) mass is 428 g/mol. The highest BCUT2D eigenvalue weighted by atomic mass is 32.2. The van der Waals surface area contributed by atoms with Crippen LogP contribution >= 0.6 is 0 Å². The van der Waals surface area contributed by atoms with Crippen LogP contribution in [0.1, 0.15) is 36.6 Å². The molecule has 2 aromatic carbocycles. The second kappa shape index (κ2) is 8.88. The van der Waals surface area contributed by atoms with E-state index in [2.05, 4.69) is 0 Å². The molecule has 1 amide bonds. The molecule has 0 spiro atoms. The molecule has 4 rings (SSSR count). The molecule has 0 unspecified atom stereocenters. The zero-order chi connectivity index (χ0) is 21.1. The van der Waals surface area contributed by atoms with Crippen LogP contribution in [0.2, 0.25) is 0 Å². The summed E-state index contributed by atoms with van der Waals surface area (Å²) in [4.78, 5) is 16.6. The highest BCUT2D eigenvalue weighted by molar-refractivity contribution is 7.89. The van der Waals surface area contributed by atoms with Gasteiger partial charge in [-0.1, -0.05) is 48.0 Å². The third kappa shape index (κ3) is 4.29. The molecule has 0 radical (unpaired) electrons. The van der Waals surface area contributed by atoms with Gasteiger partial charge in [0.25, 0.3) is 5.91 Å². The summed E-state index contributed by atoms with van der Waals surface area (Å²) in [6, 6.07) is 16.4. The molecule has 1 atom stereocenters. The van der Waals surface area contributed by atoms with Crippen molar-refractivity contribution >= 4 is 15.9 Å². The number of hydrogen-bond donors (Lipinski definition) is 1. The standard InChI is InChI=1S/C23H29N3O3S/c1-19-10-12-21(13-11-19)30(28,29)26-17-16-25(23(26)20-8-4-2-5-9-20)22(27)18-24-14-6-3-7-15-24/h2,4-5,8-13,23H,3,6-7,14-18H2,1H3/p+1/t23-/m0/s1. The Hall–Kier alpha value is -2.22. The normalized spacial score (nSPS) is 21.1. The molecule has 1 N–H and O–H groups in total. The van der Waals surface area contributed by atoms with Crippen molar-refractivity contribution in [1.29, 1.82) is 0 Å². The number of nitrogens with one attached hydrogen (secondary N) is 1. The van der Waals surface area contributed by atoms with Gasteiger partial charge in [0, 0.05) is 13.1 Å². The second-order valence-corrected chi connectivity index (χ2v) is 10.2. The third-order valence-electron chi connectivity index (χ3n) is 6.14. The van der Waals surface area contributed by atoms with Gasteiger partial charge in [0.15, 0.2) is 6.54 Å². The predicted octanol–water partition coefficient (Wildman–Crippen LogP) is 1.60. The summed E-state index contributed by atoms with van der Waals surface area (Å²) in [5.74, 6) is 0.0300. The largest absolute Gasteiger partial charge is 0.327 e. The number of aryl methyl sites for hydroxylation is 1. The number of nitrogens with zero attached hydrogens (tertiary/aromatic N) is 2. The van der Waals surface area contributed by atoms with E-state index < -0.39 is 16.2 Å². The third-order valence-corrected chi connectivity index (χ3v) is 8.00. The van der Waals surface area contributed by atoms with Crippen LogP contribution in [0.15, 0.2) is 59.5 Å². The van der Waals surface area contributed by atoms with Gasteiger partial charge in [-0.3, -0.25) is 4.79 Å². The fraction of sp³-hybridized carbons (Fsp3) is 0.435. The Morgan fingerprint density at radius 3 is 2.30 bits per heavy atom. The van der Waals surface area contributed by atoms with Crippen molar-refractivity contribution in [3.05, 3.63) is 65.7 Å². The molecule has 2 heterocycles. The molecule has 6 nitrogen and oxygen atoms in total. The van der Waals surface area contributed by atoms with Gasteiger partial charge in [0.1, 0.15) is 6.17 Å². The molecular weight excluding hydrogens is 398 g/mol. The highest BCUT2D eigenvalue weighted by Crippen LogP contribution is 2.34. The van der Waals surface area contributed by atoms with E-state index >= 15 is 0 Å². The first-order valence-electron chi connectivity index (χ1n) is 10.7. The molecule has 30 heavy (non-hydrogen) atoms. The van der Waals surface area contributed by atoms with Crippen molar-refractivity contribution in [1.82, 2.24) is 9.21 Å². The van der Waals surface area contributed by atoms with Crippen molar-refractivity contribution in [2.75, 3.05) is 32.7 Å². The molecule has 2 saturated heterocycles. The summed E-state index contributed by atoms with van der Waals surface area (Å²) < 4.78 is 28.4. The van der Waals surface area contributed by atoms with Crippen LogP contribution < -0.4 is 4.90 Å². The van der Waals surface area contributed by atoms with Gasteiger partial charge in [0.05, 0.1) is 18.0 Å². The van der Waals surface area contributed by atoms with Crippen LogP contribution in [0, 0.1) is 6.92 Å². The van der Waals surface area contributed by atoms with Crippen molar-refractivity contribution in [2.45, 2.75) is 37.2 Å². The number of piperidine rings is 1. The van der Waals surface area contributed by atoms with Gasteiger partial charge in [0.2, 0.25) is 10.0 Å². The predicted molar refractivity (Wildman–Crippen MR) is 115 cm³/mol. The Bertz CT molecular complexity index is 971. The van der Waals surface area contributed by atoms with Crippen LogP contribution in [-0.2, 0) is 14.8 Å². The lowest BCUT2D eigenvalue weighted by Crippen LogP contribution is -3.13. The topological polar surface area (TPSA) is 62.1 Å². The molecular formula is C23H30N3O3S+. The number of hydrogen-bond acceptors (Lipinski definition) is 3. The van der Waals surface area contributed by atoms with E-state index in [1.165, 1.54) is 15.6 Å². The maximum absolute atomic E-state index is 13.5. The van der Waals surface area contributed by atoms with Gasteiger partial charge >= 0.3 is 0 Å². The molecule has 0 saturated carbocycles. The lowest BCUT2D eigenvalue weighted by Gasteiger charge is -2.31. The number of sulfonamides is 1. The molecule has 2 aliphatic heterocycles. The summed E-state index contributed by atoms with van der Waals surface area (Å²) in [5.41, 5.74) is 1.84. The fourth-order valence-corrected chi connectivity index (χ4v) is 6.05. The molecule has 0 bridgehead atoms. The van der Waals surface area contributed by atoms with Gasteiger partial charge < -0.3 is 9.80 Å². The minimum atomic E-state index is -3.72. The first-order valence-corrected chi connectivity index (χ1v) is 12.2. The average Bonchev–Trinajstić information content (AvgIpc) is 3.22. The van der Waals surface area contributed by atoms with E-state index in [0.717, 1.165) is 37.1 Å². The van der Waals surface area contributed by atoms with Crippen LogP contribution in [-0.4, -0.2) is 56.3 Å². The van der Waals surface area contributed by atoms with Crippen LogP contribution in [0.3, 0.4) is 0 Å². The number of likely N-dealkylation sites (tertiary alicyclic amines) is 1. The minimum Gasteiger partial charge on any atom is -0.327 e. The van der Waals surface area contributed by atoms with Gasteiger partial charge in [-0.05, 0) is 43.9 Å². The SMILES string of the molecule is Cc1ccc(S(=O)(=O)N2CCN(C(=O)C[NH+]3CCCCC3)[C@@H]2c2ccccc2)cc1. The number of benzene rings is 2. The Kier molecular flexibility index (Phi) is 6.22. The molecule has 2 fully saturated rings. The number of quaternary nitrogens is 1. The van der Waals surface area contributed by atoms with E-state index in [9.17, 15) is 13.2 Å². The van der Waals surface area contributed by atoms with E-state index in [1.807, 2.05) is 49.4 Å². The zero-order valence-corrected chi connectivity index (χ0v) is 18.3. The Morgan fingerprint density at radius 1 is 0.967 bits per heavy atom. The lowest BCUT2D eigenvalue weighted by molar-refractivity contribution is -0.897. The number of rotatable bonds is 5. The van der Waals surface area contributed by atoms with Crippen molar-refractivity contribution in [3.63, 3.8) is 0 Å². The summed E-state index contributed by atoms with van der Waals surface area (Å²) >= 11 is 0. The van der Waals surface area contributed by atoms with Crippen LogP contribution in [0.5, 0.6) is 0 Å². The van der Waals surface area contributed by atoms with E-state index in [-0.39, 0.29) is 10.8 Å². The maximum atomic E-state index is 13.5. The van der Waals surface area contributed by atoms with Gasteiger partial charge in [-0.15, -0.1) is 0 Å². The summed E-state index contributed by atoms with van der Waals surface area (Å²) in [6.45, 7) is 5.11. The number of carbonyl (C=O) groups is 1. The second-order valence-electron chi connectivity index (χ2n) is 8.29.